The fraction of sp³-hybridized carbons (Fsp3) is 0.333. The third-order valence-electron chi connectivity index (χ3n) is 2.08. The highest BCUT2D eigenvalue weighted by Crippen LogP contribution is 2.17. The second-order valence-electron chi connectivity index (χ2n) is 2.87. The van der Waals surface area contributed by atoms with Gasteiger partial charge < -0.3 is 17.2 Å². The van der Waals surface area contributed by atoms with Gasteiger partial charge in [0.05, 0.1) is 0 Å². The van der Waals surface area contributed by atoms with Crippen LogP contribution in [0.3, 0.4) is 0 Å². The van der Waals surface area contributed by atoms with Crippen LogP contribution in [0.2, 0.25) is 0 Å². The van der Waals surface area contributed by atoms with Gasteiger partial charge in [0.15, 0.2) is 0 Å². The minimum absolute atomic E-state index is 0.518. The second kappa shape index (κ2) is 3.56. The number of anilines is 1. The zero-order valence-electron chi connectivity index (χ0n) is 7.30. The molecule has 0 aliphatic heterocycles. The summed E-state index contributed by atoms with van der Waals surface area (Å²) in [4.78, 5) is 0. The molecule has 0 amide bonds. The van der Waals surface area contributed by atoms with Gasteiger partial charge in [-0.2, -0.15) is 0 Å². The summed E-state index contributed by atoms with van der Waals surface area (Å²) < 4.78 is 0. The first-order valence-corrected chi connectivity index (χ1v) is 3.97. The fourth-order valence-electron chi connectivity index (χ4n) is 1.29. The van der Waals surface area contributed by atoms with Crippen LogP contribution in [0.15, 0.2) is 12.1 Å². The zero-order chi connectivity index (χ0) is 9.14. The number of hydrogen-bond donors (Lipinski definition) is 3. The summed E-state index contributed by atoms with van der Waals surface area (Å²) in [6.07, 6.45) is 0. The predicted molar refractivity (Wildman–Crippen MR) is 51.4 cm³/mol. The quantitative estimate of drug-likeness (QED) is 0.558. The van der Waals surface area contributed by atoms with Crippen molar-refractivity contribution in [3.05, 3.63) is 28.8 Å². The molecule has 0 aromatic heterocycles. The molecule has 0 saturated carbocycles. The third-order valence-corrected chi connectivity index (χ3v) is 2.08. The molecular weight excluding hydrogens is 150 g/mol. The Morgan fingerprint density at radius 1 is 1.08 bits per heavy atom. The maximum absolute atomic E-state index is 5.67. The van der Waals surface area contributed by atoms with E-state index in [9.17, 15) is 0 Å². The largest absolute Gasteiger partial charge is 0.399 e. The SMILES string of the molecule is Cc1c(CN)cc(N)cc1CN. The summed E-state index contributed by atoms with van der Waals surface area (Å²) in [6, 6.07) is 3.79. The van der Waals surface area contributed by atoms with E-state index in [0.717, 1.165) is 22.4 Å². The molecule has 0 spiro atoms. The molecule has 66 valence electrons. The topological polar surface area (TPSA) is 78.1 Å². The molecule has 0 aliphatic carbocycles. The van der Waals surface area contributed by atoms with Crippen molar-refractivity contribution in [3.63, 3.8) is 0 Å². The lowest BCUT2D eigenvalue weighted by Crippen LogP contribution is -2.06. The molecule has 0 aliphatic rings. The van der Waals surface area contributed by atoms with E-state index in [2.05, 4.69) is 0 Å². The van der Waals surface area contributed by atoms with Gasteiger partial charge in [-0.1, -0.05) is 0 Å². The van der Waals surface area contributed by atoms with E-state index in [1.807, 2.05) is 19.1 Å². The highest BCUT2D eigenvalue weighted by molar-refractivity contribution is 5.49. The lowest BCUT2D eigenvalue weighted by molar-refractivity contribution is 0.996. The molecular formula is C9H15N3. The van der Waals surface area contributed by atoms with Gasteiger partial charge in [0, 0.05) is 18.8 Å². The molecule has 0 radical (unpaired) electrons. The van der Waals surface area contributed by atoms with Gasteiger partial charge >= 0.3 is 0 Å². The first kappa shape index (κ1) is 9.03. The summed E-state index contributed by atoms with van der Waals surface area (Å²) in [5, 5.41) is 0. The lowest BCUT2D eigenvalue weighted by atomic mass is 10.0. The van der Waals surface area contributed by atoms with E-state index in [0.29, 0.717) is 13.1 Å². The summed E-state index contributed by atoms with van der Waals surface area (Å²) >= 11 is 0. The van der Waals surface area contributed by atoms with Crippen molar-refractivity contribution < 1.29 is 0 Å². The number of rotatable bonds is 2. The smallest absolute Gasteiger partial charge is 0.0320 e. The standard InChI is InChI=1S/C9H15N3/c1-6-7(4-10)2-9(12)3-8(6)5-11/h2-3H,4-5,10-12H2,1H3. The van der Waals surface area contributed by atoms with Gasteiger partial charge in [0.1, 0.15) is 0 Å². The highest BCUT2D eigenvalue weighted by atomic mass is 14.6. The van der Waals surface area contributed by atoms with Gasteiger partial charge in [-0.05, 0) is 35.7 Å². The van der Waals surface area contributed by atoms with Crippen LogP contribution >= 0.6 is 0 Å². The number of nitrogens with two attached hydrogens (primary N) is 3. The maximum atomic E-state index is 5.67. The van der Waals surface area contributed by atoms with Crippen molar-refractivity contribution >= 4 is 5.69 Å². The van der Waals surface area contributed by atoms with Gasteiger partial charge in [-0.15, -0.1) is 0 Å². The molecule has 1 rings (SSSR count). The first-order valence-electron chi connectivity index (χ1n) is 3.97. The van der Waals surface area contributed by atoms with Crippen molar-refractivity contribution in [1.29, 1.82) is 0 Å². The van der Waals surface area contributed by atoms with Crippen molar-refractivity contribution in [2.45, 2.75) is 20.0 Å². The predicted octanol–water partition coefficient (Wildman–Crippen LogP) is 0.495. The Kier molecular flexibility index (Phi) is 2.68. The molecule has 0 heterocycles. The number of hydrogen-bond acceptors (Lipinski definition) is 3. The first-order chi connectivity index (χ1) is 5.69. The van der Waals surface area contributed by atoms with Gasteiger partial charge in [-0.25, -0.2) is 0 Å². The van der Waals surface area contributed by atoms with Crippen LogP contribution in [0.25, 0.3) is 0 Å². The highest BCUT2D eigenvalue weighted by Gasteiger charge is 2.02. The van der Waals surface area contributed by atoms with Gasteiger partial charge in [0.25, 0.3) is 0 Å². The molecule has 0 unspecified atom stereocenters. The molecule has 6 N–H and O–H groups in total. The van der Waals surface area contributed by atoms with E-state index in [1.54, 1.807) is 0 Å². The van der Waals surface area contributed by atoms with Crippen LogP contribution in [0.4, 0.5) is 5.69 Å². The minimum Gasteiger partial charge on any atom is -0.399 e. The van der Waals surface area contributed by atoms with Gasteiger partial charge in [0.2, 0.25) is 0 Å². The van der Waals surface area contributed by atoms with Crippen LogP contribution in [0, 0.1) is 6.92 Å². The molecule has 0 bridgehead atoms. The molecule has 0 atom stereocenters. The van der Waals surface area contributed by atoms with Crippen molar-refractivity contribution in [2.24, 2.45) is 11.5 Å². The Balaban J connectivity index is 3.22. The molecule has 0 fully saturated rings. The second-order valence-corrected chi connectivity index (χ2v) is 2.87. The Morgan fingerprint density at radius 3 is 1.83 bits per heavy atom. The van der Waals surface area contributed by atoms with Crippen LogP contribution in [-0.4, -0.2) is 0 Å². The van der Waals surface area contributed by atoms with Crippen molar-refractivity contribution in [1.82, 2.24) is 0 Å². The molecule has 1 aromatic rings. The Bertz CT molecular complexity index is 256. The van der Waals surface area contributed by atoms with Crippen molar-refractivity contribution in [2.75, 3.05) is 5.73 Å². The molecule has 0 saturated heterocycles. The Hall–Kier alpha value is -1.06. The summed E-state index contributed by atoms with van der Waals surface area (Å²) in [5.74, 6) is 0. The van der Waals surface area contributed by atoms with E-state index >= 15 is 0 Å². The fourth-order valence-corrected chi connectivity index (χ4v) is 1.29. The Morgan fingerprint density at radius 2 is 1.50 bits per heavy atom. The maximum Gasteiger partial charge on any atom is 0.0320 e. The monoisotopic (exact) mass is 165 g/mol. The van der Waals surface area contributed by atoms with Crippen LogP contribution in [0.1, 0.15) is 16.7 Å². The van der Waals surface area contributed by atoms with Crippen LogP contribution in [-0.2, 0) is 13.1 Å². The summed E-state index contributed by atoms with van der Waals surface area (Å²) in [6.45, 7) is 3.05. The molecule has 1 aromatic carbocycles. The van der Waals surface area contributed by atoms with Gasteiger partial charge in [-0.3, -0.25) is 0 Å². The number of nitrogen functional groups attached to an aromatic ring is 1. The summed E-state index contributed by atoms with van der Waals surface area (Å²) in [5.41, 5.74) is 20.8. The van der Waals surface area contributed by atoms with E-state index in [4.69, 9.17) is 17.2 Å². The average molecular weight is 165 g/mol. The van der Waals surface area contributed by atoms with Crippen LogP contribution < -0.4 is 17.2 Å². The van der Waals surface area contributed by atoms with E-state index < -0.39 is 0 Å². The third kappa shape index (κ3) is 1.57. The summed E-state index contributed by atoms with van der Waals surface area (Å²) in [7, 11) is 0. The Labute approximate surface area is 72.5 Å². The zero-order valence-corrected chi connectivity index (χ0v) is 7.30. The molecule has 3 heteroatoms. The molecule has 12 heavy (non-hydrogen) atoms. The normalized spacial score (nSPS) is 10.2. The number of benzene rings is 1. The van der Waals surface area contributed by atoms with Crippen LogP contribution in [0.5, 0.6) is 0 Å². The minimum atomic E-state index is 0.518. The molecule has 3 nitrogen and oxygen atoms in total. The van der Waals surface area contributed by atoms with E-state index in [-0.39, 0.29) is 0 Å². The average Bonchev–Trinajstić information content (AvgIpc) is 2.08. The lowest BCUT2D eigenvalue weighted by Gasteiger charge is -2.09. The van der Waals surface area contributed by atoms with Crippen molar-refractivity contribution in [3.8, 4) is 0 Å². The van der Waals surface area contributed by atoms with E-state index in [1.165, 1.54) is 0 Å².